The summed E-state index contributed by atoms with van der Waals surface area (Å²) in [6.45, 7) is 11.3. The van der Waals surface area contributed by atoms with Crippen molar-refractivity contribution in [1.29, 1.82) is 0 Å². The molecule has 0 amide bonds. The van der Waals surface area contributed by atoms with Crippen LogP contribution < -0.4 is 0 Å². The van der Waals surface area contributed by atoms with E-state index >= 15 is 0 Å². The van der Waals surface area contributed by atoms with Crippen LogP contribution in [0.3, 0.4) is 0 Å². The minimum Gasteiger partial charge on any atom is -0.460 e. The van der Waals surface area contributed by atoms with Gasteiger partial charge in [-0.1, -0.05) is 32.0 Å². The zero-order chi connectivity index (χ0) is 21.4. The minimum atomic E-state index is 0.478. The molecule has 0 radical (unpaired) electrons. The lowest BCUT2D eigenvalue weighted by Gasteiger charge is -2.14. The van der Waals surface area contributed by atoms with Crippen molar-refractivity contribution in [3.63, 3.8) is 0 Å². The first-order valence-corrected chi connectivity index (χ1v) is 10.9. The topological polar surface area (TPSA) is 52.6 Å². The van der Waals surface area contributed by atoms with Crippen molar-refractivity contribution in [2.45, 2.75) is 59.8 Å². The molecule has 30 heavy (non-hydrogen) atoms. The van der Waals surface area contributed by atoms with Crippen LogP contribution in [-0.4, -0.2) is 28.3 Å². The maximum Gasteiger partial charge on any atom is 0.157 e. The molecule has 0 bridgehead atoms. The van der Waals surface area contributed by atoms with Crippen LogP contribution in [0.25, 0.3) is 27.9 Å². The molecule has 5 nitrogen and oxygen atoms in total. The van der Waals surface area contributed by atoms with E-state index in [1.54, 1.807) is 7.11 Å². The molecule has 0 atom stereocenters. The normalized spacial score (nSPS) is 12.0. The van der Waals surface area contributed by atoms with Crippen LogP contribution in [-0.2, 0) is 11.2 Å². The lowest BCUT2D eigenvalue weighted by molar-refractivity contribution is 0.202. The second-order valence-corrected chi connectivity index (χ2v) is 8.11. The molecule has 158 valence electrons. The fourth-order valence-electron chi connectivity index (χ4n) is 4.59. The molecule has 0 fully saturated rings. The quantitative estimate of drug-likeness (QED) is 0.369. The van der Waals surface area contributed by atoms with E-state index < -0.39 is 0 Å². The Labute approximate surface area is 178 Å². The van der Waals surface area contributed by atoms with Crippen molar-refractivity contribution >= 4 is 16.6 Å². The van der Waals surface area contributed by atoms with E-state index in [1.165, 1.54) is 5.56 Å². The van der Waals surface area contributed by atoms with Crippen LogP contribution in [0.5, 0.6) is 0 Å². The third-order valence-corrected chi connectivity index (χ3v) is 6.12. The molecular weight excluding hydrogens is 374 g/mol. The molecule has 0 aliphatic rings. The zero-order valence-electron chi connectivity index (χ0n) is 18.9. The van der Waals surface area contributed by atoms with Crippen LogP contribution in [0.1, 0.15) is 60.9 Å². The molecule has 0 N–H and O–H groups in total. The summed E-state index contributed by atoms with van der Waals surface area (Å²) in [7, 11) is 1.73. The van der Waals surface area contributed by atoms with Gasteiger partial charge in [0.1, 0.15) is 11.3 Å². The Hall–Kier alpha value is -2.66. The van der Waals surface area contributed by atoms with Crippen LogP contribution >= 0.6 is 0 Å². The number of fused-ring (bicyclic) bond motifs is 2. The number of nitrogens with zero attached hydrogens (tertiary/aromatic N) is 3. The summed E-state index contributed by atoms with van der Waals surface area (Å²) in [6.07, 6.45) is 3.00. The van der Waals surface area contributed by atoms with Crippen molar-refractivity contribution in [1.82, 2.24) is 14.6 Å². The number of imidazole rings is 1. The third-order valence-electron chi connectivity index (χ3n) is 6.12. The molecule has 4 rings (SSSR count). The Balaban J connectivity index is 2.00. The van der Waals surface area contributed by atoms with E-state index in [4.69, 9.17) is 19.2 Å². The van der Waals surface area contributed by atoms with Crippen molar-refractivity contribution in [3.05, 3.63) is 52.5 Å². The van der Waals surface area contributed by atoms with Gasteiger partial charge in [0.2, 0.25) is 0 Å². The summed E-state index contributed by atoms with van der Waals surface area (Å²) >= 11 is 0. The van der Waals surface area contributed by atoms with Gasteiger partial charge in [-0.05, 0) is 57.6 Å². The fraction of sp³-hybridized carbons (Fsp3) is 0.440. The lowest BCUT2D eigenvalue weighted by Crippen LogP contribution is -2.05. The molecule has 3 heterocycles. The van der Waals surface area contributed by atoms with Gasteiger partial charge in [0.05, 0.1) is 29.3 Å². The summed E-state index contributed by atoms with van der Waals surface area (Å²) in [6, 6.07) is 8.54. The molecule has 0 saturated carbocycles. The molecule has 0 aliphatic carbocycles. The van der Waals surface area contributed by atoms with Crippen molar-refractivity contribution in [2.75, 3.05) is 13.7 Å². The fourth-order valence-corrected chi connectivity index (χ4v) is 4.59. The van der Waals surface area contributed by atoms with Gasteiger partial charge in [0.25, 0.3) is 0 Å². The molecule has 0 saturated heterocycles. The monoisotopic (exact) mass is 405 g/mol. The number of para-hydroxylation sites is 1. The molecule has 0 aliphatic heterocycles. The number of ether oxygens (including phenoxy) is 1. The van der Waals surface area contributed by atoms with Gasteiger partial charge in [-0.25, -0.2) is 9.50 Å². The highest BCUT2D eigenvalue weighted by Crippen LogP contribution is 2.39. The number of benzene rings is 1. The zero-order valence-corrected chi connectivity index (χ0v) is 18.9. The van der Waals surface area contributed by atoms with E-state index in [-0.39, 0.29) is 0 Å². The maximum absolute atomic E-state index is 6.28. The Morgan fingerprint density at radius 3 is 2.60 bits per heavy atom. The number of hydrogen-bond donors (Lipinski definition) is 0. The summed E-state index contributed by atoms with van der Waals surface area (Å²) in [5.41, 5.74) is 8.45. The van der Waals surface area contributed by atoms with Crippen molar-refractivity contribution < 1.29 is 9.15 Å². The number of hydrogen-bond acceptors (Lipinski definition) is 4. The molecular formula is C25H31N3O2. The standard InChI is InChI=1S/C25H31N3O2/c1-7-18(8-2)21-14-15(3)27-28-23(16(4)26-25(21)28)22-17(5)30-24-19(12-13-29-6)10-9-11-20(22)24/h9-11,14,18H,7-8,12-13H2,1-6H3. The minimum absolute atomic E-state index is 0.478. The van der Waals surface area contributed by atoms with E-state index in [1.807, 2.05) is 11.4 Å². The highest BCUT2D eigenvalue weighted by Gasteiger charge is 2.24. The molecule has 4 aromatic rings. The van der Waals surface area contributed by atoms with Gasteiger partial charge in [-0.3, -0.25) is 0 Å². The van der Waals surface area contributed by atoms with Gasteiger partial charge >= 0.3 is 0 Å². The number of aryl methyl sites for hydroxylation is 3. The Morgan fingerprint density at radius 1 is 1.13 bits per heavy atom. The second kappa shape index (κ2) is 8.23. The SMILES string of the molecule is CCC(CC)c1cc(C)nn2c(-c3c(C)oc4c(CCOC)cccc34)c(C)nc12. The van der Waals surface area contributed by atoms with Crippen LogP contribution in [0, 0.1) is 20.8 Å². The smallest absolute Gasteiger partial charge is 0.157 e. The molecule has 5 heteroatoms. The first-order chi connectivity index (χ1) is 14.5. The molecule has 1 aromatic carbocycles. The predicted octanol–water partition coefficient (Wildman–Crippen LogP) is 6.16. The summed E-state index contributed by atoms with van der Waals surface area (Å²) in [5.74, 6) is 1.37. The van der Waals surface area contributed by atoms with Gasteiger partial charge in [0, 0.05) is 18.1 Å². The van der Waals surface area contributed by atoms with Crippen molar-refractivity contribution in [3.8, 4) is 11.3 Å². The summed E-state index contributed by atoms with van der Waals surface area (Å²) in [4.78, 5) is 4.99. The Kier molecular flexibility index (Phi) is 5.65. The lowest BCUT2D eigenvalue weighted by atomic mass is 9.95. The van der Waals surface area contributed by atoms with Crippen LogP contribution in [0.15, 0.2) is 28.7 Å². The Bertz CT molecular complexity index is 1200. The third kappa shape index (κ3) is 3.31. The van der Waals surface area contributed by atoms with E-state index in [0.717, 1.165) is 69.8 Å². The molecule has 3 aromatic heterocycles. The van der Waals surface area contributed by atoms with Gasteiger partial charge in [-0.2, -0.15) is 5.10 Å². The average Bonchev–Trinajstić information content (AvgIpc) is 3.22. The molecule has 0 unspecified atom stereocenters. The number of methoxy groups -OCH3 is 1. The second-order valence-electron chi connectivity index (χ2n) is 8.11. The average molecular weight is 406 g/mol. The maximum atomic E-state index is 6.28. The first kappa shape index (κ1) is 20.6. The van der Waals surface area contributed by atoms with E-state index in [0.29, 0.717) is 12.5 Å². The Morgan fingerprint density at radius 2 is 1.90 bits per heavy atom. The van der Waals surface area contributed by atoms with E-state index in [2.05, 4.69) is 52.0 Å². The van der Waals surface area contributed by atoms with Gasteiger partial charge < -0.3 is 9.15 Å². The van der Waals surface area contributed by atoms with Crippen LogP contribution in [0.2, 0.25) is 0 Å². The highest BCUT2D eigenvalue weighted by atomic mass is 16.5. The highest BCUT2D eigenvalue weighted by molar-refractivity contribution is 5.97. The van der Waals surface area contributed by atoms with Crippen LogP contribution in [0.4, 0.5) is 0 Å². The summed E-state index contributed by atoms with van der Waals surface area (Å²) < 4.78 is 13.6. The number of aromatic nitrogens is 3. The van der Waals surface area contributed by atoms with Gasteiger partial charge in [-0.15, -0.1) is 0 Å². The summed E-state index contributed by atoms with van der Waals surface area (Å²) in [5, 5.41) is 5.99. The number of furan rings is 1. The largest absolute Gasteiger partial charge is 0.460 e. The van der Waals surface area contributed by atoms with Gasteiger partial charge in [0.15, 0.2) is 5.65 Å². The van der Waals surface area contributed by atoms with Crippen molar-refractivity contribution in [2.24, 2.45) is 0 Å². The predicted molar refractivity (Wildman–Crippen MR) is 121 cm³/mol. The first-order valence-electron chi connectivity index (χ1n) is 10.9. The number of rotatable bonds is 7. The molecule has 0 spiro atoms. The van der Waals surface area contributed by atoms with E-state index in [9.17, 15) is 0 Å².